The molecule has 3 rings (SSSR count). The molecular formula is C17H25NO2. The summed E-state index contributed by atoms with van der Waals surface area (Å²) in [6.45, 7) is 1.90. The van der Waals surface area contributed by atoms with Crippen molar-refractivity contribution in [3.05, 3.63) is 29.8 Å². The molecule has 0 aromatic heterocycles. The lowest BCUT2D eigenvalue weighted by Crippen LogP contribution is -2.29. The molecule has 3 heteroatoms. The highest BCUT2D eigenvalue weighted by molar-refractivity contribution is 5.33. The Kier molecular flexibility index (Phi) is 4.58. The number of ether oxygens (including phenoxy) is 1. The van der Waals surface area contributed by atoms with Crippen LogP contribution in [0.15, 0.2) is 24.3 Å². The molecule has 1 N–H and O–H groups in total. The molecular weight excluding hydrogens is 250 g/mol. The van der Waals surface area contributed by atoms with Gasteiger partial charge in [-0.2, -0.15) is 0 Å². The molecule has 0 saturated heterocycles. The maximum Gasteiger partial charge on any atom is 0.124 e. The second-order valence-electron chi connectivity index (χ2n) is 6.06. The van der Waals surface area contributed by atoms with Crippen molar-refractivity contribution in [3.8, 4) is 5.75 Å². The van der Waals surface area contributed by atoms with Gasteiger partial charge in [0.25, 0.3) is 0 Å². The van der Waals surface area contributed by atoms with Gasteiger partial charge in [0.05, 0.1) is 12.7 Å². The SMILES string of the molecule is OCCN(Cc1ccccc1OC1CCCC1)C1CC1. The van der Waals surface area contributed by atoms with Gasteiger partial charge in [-0.25, -0.2) is 0 Å². The topological polar surface area (TPSA) is 32.7 Å². The summed E-state index contributed by atoms with van der Waals surface area (Å²) in [4.78, 5) is 2.39. The van der Waals surface area contributed by atoms with Crippen LogP contribution in [-0.2, 0) is 6.54 Å². The fourth-order valence-electron chi connectivity index (χ4n) is 3.11. The number of aliphatic hydroxyl groups excluding tert-OH is 1. The van der Waals surface area contributed by atoms with Crippen LogP contribution in [0.3, 0.4) is 0 Å². The number of aliphatic hydroxyl groups is 1. The molecule has 3 nitrogen and oxygen atoms in total. The van der Waals surface area contributed by atoms with Crippen molar-refractivity contribution in [1.82, 2.24) is 4.90 Å². The van der Waals surface area contributed by atoms with Crippen molar-refractivity contribution >= 4 is 0 Å². The fourth-order valence-corrected chi connectivity index (χ4v) is 3.11. The Hall–Kier alpha value is -1.06. The average Bonchev–Trinajstić information content (AvgIpc) is 3.19. The Bertz CT molecular complexity index is 425. The van der Waals surface area contributed by atoms with Gasteiger partial charge in [0.2, 0.25) is 0 Å². The summed E-state index contributed by atoms with van der Waals surface area (Å²) >= 11 is 0. The second kappa shape index (κ2) is 6.59. The van der Waals surface area contributed by atoms with E-state index in [-0.39, 0.29) is 6.61 Å². The molecule has 2 saturated carbocycles. The summed E-state index contributed by atoms with van der Waals surface area (Å²) < 4.78 is 6.20. The van der Waals surface area contributed by atoms with Crippen LogP contribution in [0.1, 0.15) is 44.1 Å². The molecule has 2 fully saturated rings. The van der Waals surface area contributed by atoms with Crippen molar-refractivity contribution < 1.29 is 9.84 Å². The largest absolute Gasteiger partial charge is 0.490 e. The quantitative estimate of drug-likeness (QED) is 0.830. The summed E-state index contributed by atoms with van der Waals surface area (Å²) in [6, 6.07) is 9.07. The molecule has 0 spiro atoms. The van der Waals surface area contributed by atoms with E-state index in [4.69, 9.17) is 4.74 Å². The van der Waals surface area contributed by atoms with E-state index in [9.17, 15) is 5.11 Å². The minimum atomic E-state index is 0.238. The molecule has 0 bridgehead atoms. The number of hydrogen-bond donors (Lipinski definition) is 1. The maximum atomic E-state index is 9.22. The lowest BCUT2D eigenvalue weighted by atomic mass is 10.1. The van der Waals surface area contributed by atoms with E-state index in [1.807, 2.05) is 0 Å². The zero-order chi connectivity index (χ0) is 13.8. The molecule has 0 radical (unpaired) electrons. The highest BCUT2D eigenvalue weighted by Crippen LogP contribution is 2.31. The summed E-state index contributed by atoms with van der Waals surface area (Å²) in [5.41, 5.74) is 1.26. The molecule has 0 amide bonds. The van der Waals surface area contributed by atoms with E-state index >= 15 is 0 Å². The first-order chi connectivity index (χ1) is 9.86. The molecule has 1 aromatic rings. The standard InChI is InChI=1S/C17H25NO2/c19-12-11-18(15-9-10-15)13-14-5-1-4-8-17(14)20-16-6-2-3-7-16/h1,4-5,8,15-16,19H,2-3,6-7,9-13H2. The smallest absolute Gasteiger partial charge is 0.124 e. The minimum absolute atomic E-state index is 0.238. The van der Waals surface area contributed by atoms with Crippen LogP contribution in [0.25, 0.3) is 0 Å². The number of rotatable bonds is 7. The zero-order valence-corrected chi connectivity index (χ0v) is 12.1. The van der Waals surface area contributed by atoms with Gasteiger partial charge in [0.15, 0.2) is 0 Å². The molecule has 20 heavy (non-hydrogen) atoms. The van der Waals surface area contributed by atoms with Gasteiger partial charge in [-0.05, 0) is 44.6 Å². The summed E-state index contributed by atoms with van der Waals surface area (Å²) in [5, 5.41) is 9.22. The monoisotopic (exact) mass is 275 g/mol. The number of hydrogen-bond acceptors (Lipinski definition) is 3. The Morgan fingerprint density at radius 2 is 1.85 bits per heavy atom. The van der Waals surface area contributed by atoms with E-state index in [1.165, 1.54) is 44.1 Å². The Labute approximate surface area is 121 Å². The van der Waals surface area contributed by atoms with E-state index in [1.54, 1.807) is 0 Å². The van der Waals surface area contributed by atoms with Crippen molar-refractivity contribution in [2.45, 2.75) is 57.2 Å². The number of benzene rings is 1. The summed E-state index contributed by atoms with van der Waals surface area (Å²) in [7, 11) is 0. The lowest BCUT2D eigenvalue weighted by molar-refractivity contribution is 0.175. The van der Waals surface area contributed by atoms with Gasteiger partial charge < -0.3 is 9.84 Å². The van der Waals surface area contributed by atoms with Gasteiger partial charge in [-0.1, -0.05) is 18.2 Å². The Morgan fingerprint density at radius 3 is 2.55 bits per heavy atom. The van der Waals surface area contributed by atoms with Crippen LogP contribution in [0.5, 0.6) is 5.75 Å². The van der Waals surface area contributed by atoms with Crippen LogP contribution >= 0.6 is 0 Å². The summed E-state index contributed by atoms with van der Waals surface area (Å²) in [5.74, 6) is 1.04. The number of para-hydroxylation sites is 1. The molecule has 1 aromatic carbocycles. The average molecular weight is 275 g/mol. The highest BCUT2D eigenvalue weighted by Gasteiger charge is 2.29. The highest BCUT2D eigenvalue weighted by atomic mass is 16.5. The predicted molar refractivity (Wildman–Crippen MR) is 79.8 cm³/mol. The van der Waals surface area contributed by atoms with Crippen LogP contribution in [0.2, 0.25) is 0 Å². The molecule has 2 aliphatic carbocycles. The molecule has 0 unspecified atom stereocenters. The maximum absolute atomic E-state index is 9.22. The van der Waals surface area contributed by atoms with Crippen LogP contribution in [-0.4, -0.2) is 35.3 Å². The van der Waals surface area contributed by atoms with Crippen LogP contribution in [0.4, 0.5) is 0 Å². The first-order valence-corrected chi connectivity index (χ1v) is 7.96. The van der Waals surface area contributed by atoms with Gasteiger partial charge in [0, 0.05) is 24.7 Å². The van der Waals surface area contributed by atoms with Crippen LogP contribution in [0, 0.1) is 0 Å². The Balaban J connectivity index is 1.67. The van der Waals surface area contributed by atoms with Crippen molar-refractivity contribution in [2.24, 2.45) is 0 Å². The third kappa shape index (κ3) is 3.53. The van der Waals surface area contributed by atoms with Crippen molar-refractivity contribution in [3.63, 3.8) is 0 Å². The molecule has 2 aliphatic rings. The van der Waals surface area contributed by atoms with Gasteiger partial charge in [-0.3, -0.25) is 4.90 Å². The first-order valence-electron chi connectivity index (χ1n) is 7.96. The van der Waals surface area contributed by atoms with Crippen molar-refractivity contribution in [2.75, 3.05) is 13.2 Å². The molecule has 0 atom stereocenters. The summed E-state index contributed by atoms with van der Waals surface area (Å²) in [6.07, 6.45) is 7.92. The normalized spacial score (nSPS) is 19.7. The lowest BCUT2D eigenvalue weighted by Gasteiger charge is -2.23. The fraction of sp³-hybridized carbons (Fsp3) is 0.647. The number of nitrogens with zero attached hydrogens (tertiary/aromatic N) is 1. The van der Waals surface area contributed by atoms with Crippen molar-refractivity contribution in [1.29, 1.82) is 0 Å². The van der Waals surface area contributed by atoms with E-state index in [0.29, 0.717) is 12.1 Å². The third-order valence-corrected chi connectivity index (χ3v) is 4.39. The third-order valence-electron chi connectivity index (χ3n) is 4.39. The van der Waals surface area contributed by atoms with Gasteiger partial charge in [0.1, 0.15) is 5.75 Å². The Morgan fingerprint density at radius 1 is 1.10 bits per heavy atom. The zero-order valence-electron chi connectivity index (χ0n) is 12.1. The van der Waals surface area contributed by atoms with E-state index < -0.39 is 0 Å². The molecule has 0 heterocycles. The minimum Gasteiger partial charge on any atom is -0.490 e. The van der Waals surface area contributed by atoms with Crippen LogP contribution < -0.4 is 4.74 Å². The van der Waals surface area contributed by atoms with Gasteiger partial charge >= 0.3 is 0 Å². The second-order valence-corrected chi connectivity index (χ2v) is 6.06. The molecule has 110 valence electrons. The van der Waals surface area contributed by atoms with E-state index in [2.05, 4.69) is 29.2 Å². The van der Waals surface area contributed by atoms with Gasteiger partial charge in [-0.15, -0.1) is 0 Å². The first kappa shape index (κ1) is 13.9. The molecule has 0 aliphatic heterocycles. The van der Waals surface area contributed by atoms with E-state index in [0.717, 1.165) is 18.8 Å². The predicted octanol–water partition coefficient (Wildman–Crippen LogP) is 2.96.